The Bertz CT molecular complexity index is 1290. The topological polar surface area (TPSA) is 102 Å². The lowest BCUT2D eigenvalue weighted by Gasteiger charge is -2.20. The van der Waals surface area contributed by atoms with Crippen molar-refractivity contribution < 1.29 is 27.5 Å². The maximum Gasteiger partial charge on any atom is 0.340 e. The fourth-order valence-electron chi connectivity index (χ4n) is 3.08. The smallest absolute Gasteiger partial charge is 0.340 e. The summed E-state index contributed by atoms with van der Waals surface area (Å²) in [5, 5.41) is 2.64. The summed E-state index contributed by atoms with van der Waals surface area (Å²) in [6.45, 7) is 1.91. The van der Waals surface area contributed by atoms with Crippen molar-refractivity contribution in [1.82, 2.24) is 0 Å². The fourth-order valence-corrected chi connectivity index (χ4v) is 4.32. The van der Waals surface area contributed by atoms with E-state index in [2.05, 4.69) is 5.32 Å². The number of benzene rings is 3. The summed E-state index contributed by atoms with van der Waals surface area (Å²) in [5.41, 5.74) is 1.93. The normalized spacial score (nSPS) is 10.9. The Morgan fingerprint density at radius 3 is 2.27 bits per heavy atom. The quantitative estimate of drug-likeness (QED) is 0.528. The first-order valence-corrected chi connectivity index (χ1v) is 11.3. The zero-order valence-corrected chi connectivity index (χ0v) is 19.5. The lowest BCUT2D eigenvalue weighted by molar-refractivity contribution is 0.0601. The van der Waals surface area contributed by atoms with Gasteiger partial charge in [-0.1, -0.05) is 23.8 Å². The van der Waals surface area contributed by atoms with Crippen LogP contribution in [0.4, 0.5) is 11.4 Å². The minimum absolute atomic E-state index is 0.0406. The molecule has 0 saturated carbocycles. The number of methoxy groups -OCH3 is 2. The monoisotopic (exact) mass is 468 g/mol. The summed E-state index contributed by atoms with van der Waals surface area (Å²) in [4.78, 5) is 25.0. The Balaban J connectivity index is 1.90. The molecule has 1 amide bonds. The van der Waals surface area contributed by atoms with Crippen molar-refractivity contribution in [3.63, 3.8) is 0 Å². The van der Waals surface area contributed by atoms with E-state index in [4.69, 9.17) is 9.47 Å². The van der Waals surface area contributed by atoms with Crippen LogP contribution in [-0.4, -0.2) is 41.6 Å². The number of carbonyl (C=O) groups is 2. The first-order chi connectivity index (χ1) is 15.7. The van der Waals surface area contributed by atoms with Gasteiger partial charge in [0, 0.05) is 12.6 Å². The molecule has 8 nitrogen and oxygen atoms in total. The second kappa shape index (κ2) is 9.74. The predicted molar refractivity (Wildman–Crippen MR) is 125 cm³/mol. The Hall–Kier alpha value is -3.85. The van der Waals surface area contributed by atoms with Gasteiger partial charge in [-0.05, 0) is 55.5 Å². The number of anilines is 2. The molecule has 3 rings (SSSR count). The molecule has 1 N–H and O–H groups in total. The van der Waals surface area contributed by atoms with Crippen molar-refractivity contribution in [3.05, 3.63) is 83.4 Å². The van der Waals surface area contributed by atoms with Crippen molar-refractivity contribution in [2.75, 3.05) is 30.9 Å². The van der Waals surface area contributed by atoms with Gasteiger partial charge in [-0.15, -0.1) is 0 Å². The number of sulfonamides is 1. The fraction of sp³-hybridized carbons (Fsp3) is 0.167. The first-order valence-electron chi connectivity index (χ1n) is 9.90. The standard InChI is InChI=1S/C24H24N2O6S/c1-16-8-10-18(11-9-16)26(2)33(29,30)20-7-5-6-17(14-20)23(27)25-22-13-12-19(31-3)15-21(22)24(28)32-4/h5-15H,1-4H3,(H,25,27). The highest BCUT2D eigenvalue weighted by Crippen LogP contribution is 2.25. The molecule has 9 heteroatoms. The minimum atomic E-state index is -3.91. The SMILES string of the molecule is COC(=O)c1cc(OC)ccc1NC(=O)c1cccc(S(=O)(=O)N(C)c2ccc(C)cc2)c1. The van der Waals surface area contributed by atoms with Crippen molar-refractivity contribution >= 4 is 33.3 Å². The molecule has 0 aliphatic heterocycles. The average Bonchev–Trinajstić information content (AvgIpc) is 2.83. The highest BCUT2D eigenvalue weighted by Gasteiger charge is 2.23. The number of nitrogens with one attached hydrogen (secondary N) is 1. The Labute approximate surface area is 192 Å². The van der Waals surface area contributed by atoms with E-state index in [9.17, 15) is 18.0 Å². The van der Waals surface area contributed by atoms with Gasteiger partial charge in [-0.25, -0.2) is 13.2 Å². The van der Waals surface area contributed by atoms with Gasteiger partial charge in [0.15, 0.2) is 0 Å². The van der Waals surface area contributed by atoms with E-state index in [1.54, 1.807) is 18.2 Å². The third-order valence-electron chi connectivity index (χ3n) is 5.03. The molecule has 0 atom stereocenters. The van der Waals surface area contributed by atoms with Crippen molar-refractivity contribution in [2.24, 2.45) is 0 Å². The highest BCUT2D eigenvalue weighted by atomic mass is 32.2. The number of hydrogen-bond acceptors (Lipinski definition) is 6. The number of carbonyl (C=O) groups excluding carboxylic acids is 2. The molecule has 0 heterocycles. The molecule has 3 aromatic carbocycles. The summed E-state index contributed by atoms with van der Waals surface area (Å²) in [7, 11) is 0.227. The Kier molecular flexibility index (Phi) is 7.03. The van der Waals surface area contributed by atoms with E-state index in [0.29, 0.717) is 11.4 Å². The van der Waals surface area contributed by atoms with Crippen LogP contribution < -0.4 is 14.4 Å². The van der Waals surface area contributed by atoms with Gasteiger partial charge in [0.25, 0.3) is 15.9 Å². The van der Waals surface area contributed by atoms with Gasteiger partial charge in [0.2, 0.25) is 0 Å². The van der Waals surface area contributed by atoms with E-state index in [0.717, 1.165) is 9.87 Å². The van der Waals surface area contributed by atoms with Crippen molar-refractivity contribution in [2.45, 2.75) is 11.8 Å². The third-order valence-corrected chi connectivity index (χ3v) is 6.81. The molecule has 0 radical (unpaired) electrons. The molecule has 33 heavy (non-hydrogen) atoms. The van der Waals surface area contributed by atoms with Crippen molar-refractivity contribution in [1.29, 1.82) is 0 Å². The summed E-state index contributed by atoms with van der Waals surface area (Å²) < 4.78 is 37.3. The zero-order valence-electron chi connectivity index (χ0n) is 18.7. The summed E-state index contributed by atoms with van der Waals surface area (Å²) in [5.74, 6) is -0.818. The van der Waals surface area contributed by atoms with E-state index in [-0.39, 0.29) is 21.7 Å². The largest absolute Gasteiger partial charge is 0.497 e. The molecular formula is C24H24N2O6S. The molecule has 0 fully saturated rings. The molecule has 0 bridgehead atoms. The highest BCUT2D eigenvalue weighted by molar-refractivity contribution is 7.92. The van der Waals surface area contributed by atoms with Gasteiger partial charge < -0.3 is 14.8 Å². The molecule has 0 saturated heterocycles. The minimum Gasteiger partial charge on any atom is -0.497 e. The molecule has 172 valence electrons. The van der Waals surface area contributed by atoms with E-state index >= 15 is 0 Å². The van der Waals surface area contributed by atoms with Gasteiger partial charge >= 0.3 is 5.97 Å². The second-order valence-electron chi connectivity index (χ2n) is 7.19. The molecule has 0 aliphatic rings. The number of esters is 1. The van der Waals surface area contributed by atoms with Gasteiger partial charge in [-0.2, -0.15) is 0 Å². The summed E-state index contributed by atoms with van der Waals surface area (Å²) >= 11 is 0. The molecule has 0 spiro atoms. The lowest BCUT2D eigenvalue weighted by Crippen LogP contribution is -2.27. The predicted octanol–water partition coefficient (Wildman–Crippen LogP) is 3.87. The van der Waals surface area contributed by atoms with Crippen LogP contribution in [0, 0.1) is 6.92 Å². The molecule has 0 aromatic heterocycles. The second-order valence-corrected chi connectivity index (χ2v) is 9.16. The molecule has 0 aliphatic carbocycles. The van der Waals surface area contributed by atoms with Crippen LogP contribution in [0.2, 0.25) is 0 Å². The van der Waals surface area contributed by atoms with E-state index < -0.39 is 21.9 Å². The number of nitrogens with zero attached hydrogens (tertiary/aromatic N) is 1. The number of ether oxygens (including phenoxy) is 2. The summed E-state index contributed by atoms with van der Waals surface area (Å²) in [6.07, 6.45) is 0. The molecule has 3 aromatic rings. The van der Waals surface area contributed by atoms with Crippen LogP contribution >= 0.6 is 0 Å². The van der Waals surface area contributed by atoms with Gasteiger partial charge in [-0.3, -0.25) is 9.10 Å². The van der Waals surface area contributed by atoms with Crippen LogP contribution in [0.15, 0.2) is 71.6 Å². The van der Waals surface area contributed by atoms with Crippen LogP contribution in [0.5, 0.6) is 5.75 Å². The zero-order chi connectivity index (χ0) is 24.2. The first kappa shape index (κ1) is 23.8. The summed E-state index contributed by atoms with van der Waals surface area (Å²) in [6, 6.07) is 17.3. The van der Waals surface area contributed by atoms with Crippen LogP contribution in [-0.2, 0) is 14.8 Å². The number of aryl methyl sites for hydroxylation is 1. The average molecular weight is 469 g/mol. The lowest BCUT2D eigenvalue weighted by atomic mass is 10.1. The third kappa shape index (κ3) is 5.15. The number of rotatable bonds is 7. The van der Waals surface area contributed by atoms with E-state index in [1.165, 1.54) is 57.7 Å². The molecule has 0 unspecified atom stereocenters. The van der Waals surface area contributed by atoms with Crippen LogP contribution in [0.1, 0.15) is 26.3 Å². The number of amides is 1. The Morgan fingerprint density at radius 2 is 1.64 bits per heavy atom. The van der Waals surface area contributed by atoms with Gasteiger partial charge in [0.05, 0.1) is 36.1 Å². The maximum absolute atomic E-state index is 13.1. The van der Waals surface area contributed by atoms with E-state index in [1.807, 2.05) is 19.1 Å². The van der Waals surface area contributed by atoms with Gasteiger partial charge in [0.1, 0.15) is 5.75 Å². The number of hydrogen-bond donors (Lipinski definition) is 1. The van der Waals surface area contributed by atoms with Crippen LogP contribution in [0.3, 0.4) is 0 Å². The van der Waals surface area contributed by atoms with Crippen molar-refractivity contribution in [3.8, 4) is 5.75 Å². The Morgan fingerprint density at radius 1 is 0.939 bits per heavy atom. The molecular weight excluding hydrogens is 444 g/mol. The van der Waals surface area contributed by atoms with Crippen LogP contribution in [0.25, 0.3) is 0 Å². The maximum atomic E-state index is 13.1.